The Hall–Kier alpha value is -2.80. The summed E-state index contributed by atoms with van der Waals surface area (Å²) in [5.41, 5.74) is 2.41. The smallest absolute Gasteiger partial charge is 0.280 e. The minimum atomic E-state index is -0.311. The molecule has 1 unspecified atom stereocenters. The number of hydrogen-bond acceptors (Lipinski definition) is 11. The number of hydrogen-bond donors (Lipinski definition) is 2. The Morgan fingerprint density at radius 2 is 2.22 bits per heavy atom. The third kappa shape index (κ3) is 6.95. The molecule has 2 aliphatic rings. The van der Waals surface area contributed by atoms with Gasteiger partial charge in [0, 0.05) is 42.5 Å². The van der Waals surface area contributed by atoms with Gasteiger partial charge in [0.1, 0.15) is 5.69 Å². The lowest BCUT2D eigenvalue weighted by atomic mass is 10.1. The van der Waals surface area contributed by atoms with E-state index < -0.39 is 0 Å². The molecule has 1 amide bonds. The number of carbonyl (C=O) groups is 1. The first-order valence-electron chi connectivity index (χ1n) is 12.5. The third-order valence-corrected chi connectivity index (χ3v) is 8.27. The third-order valence-electron chi connectivity index (χ3n) is 6.09. The minimum absolute atomic E-state index is 0.247. The summed E-state index contributed by atoms with van der Waals surface area (Å²) in [6, 6.07) is 3.92. The van der Waals surface area contributed by atoms with E-state index in [1.165, 1.54) is 24.2 Å². The fraction of sp³-hybridized carbons (Fsp3) is 0.480. The van der Waals surface area contributed by atoms with E-state index in [1.807, 2.05) is 19.1 Å². The first kappa shape index (κ1) is 25.8. The van der Waals surface area contributed by atoms with Crippen LogP contribution in [0.5, 0.6) is 5.88 Å². The molecule has 2 fully saturated rings. The molecule has 12 heteroatoms. The lowest BCUT2D eigenvalue weighted by Crippen LogP contribution is -2.48. The van der Waals surface area contributed by atoms with Gasteiger partial charge in [0.2, 0.25) is 5.88 Å². The van der Waals surface area contributed by atoms with E-state index in [0.717, 1.165) is 22.8 Å². The van der Waals surface area contributed by atoms with Crippen LogP contribution in [0, 0.1) is 0 Å². The number of aromatic nitrogens is 4. The van der Waals surface area contributed by atoms with Crippen molar-refractivity contribution in [2.45, 2.75) is 44.0 Å². The molecule has 2 N–H and O–H groups in total. The van der Waals surface area contributed by atoms with Crippen LogP contribution in [-0.4, -0.2) is 74.9 Å². The fourth-order valence-electron chi connectivity index (χ4n) is 3.92. The second-order valence-electron chi connectivity index (χ2n) is 9.04. The van der Waals surface area contributed by atoms with Crippen LogP contribution < -0.4 is 14.8 Å². The maximum absolute atomic E-state index is 13.4. The lowest BCUT2D eigenvalue weighted by molar-refractivity contribution is -0.00449. The van der Waals surface area contributed by atoms with Gasteiger partial charge in [-0.05, 0) is 50.8 Å². The Kier molecular flexibility index (Phi) is 8.49. The summed E-state index contributed by atoms with van der Waals surface area (Å²) in [6.45, 7) is 7.31. The van der Waals surface area contributed by atoms with Gasteiger partial charge in [0.15, 0.2) is 5.01 Å². The molecule has 10 nitrogen and oxygen atoms in total. The van der Waals surface area contributed by atoms with Crippen LogP contribution in [0.25, 0.3) is 10.6 Å². The molecule has 1 saturated carbocycles. The molecule has 37 heavy (non-hydrogen) atoms. The van der Waals surface area contributed by atoms with Gasteiger partial charge in [-0.1, -0.05) is 0 Å². The molecule has 0 aromatic carbocycles. The van der Waals surface area contributed by atoms with Crippen molar-refractivity contribution in [1.29, 1.82) is 0 Å². The molecular formula is C25H31N7O3S2. The monoisotopic (exact) mass is 541 g/mol. The summed E-state index contributed by atoms with van der Waals surface area (Å²) in [4.78, 5) is 34.1. The zero-order valence-electron chi connectivity index (χ0n) is 20.9. The Morgan fingerprint density at radius 1 is 1.32 bits per heavy atom. The predicted octanol–water partition coefficient (Wildman–Crippen LogP) is 3.81. The van der Waals surface area contributed by atoms with Gasteiger partial charge in [-0.15, -0.1) is 11.3 Å². The lowest BCUT2D eigenvalue weighted by Gasteiger charge is -2.35. The zero-order chi connectivity index (χ0) is 25.6. The molecule has 1 aliphatic heterocycles. The van der Waals surface area contributed by atoms with E-state index in [0.29, 0.717) is 48.2 Å². The highest BCUT2D eigenvalue weighted by Gasteiger charge is 2.27. The number of carbonyl (C=O) groups excluding carboxylic acids is 1. The van der Waals surface area contributed by atoms with E-state index in [9.17, 15) is 4.79 Å². The van der Waals surface area contributed by atoms with Gasteiger partial charge in [-0.25, -0.2) is 9.97 Å². The largest absolute Gasteiger partial charge is 0.477 e. The van der Waals surface area contributed by atoms with Crippen molar-refractivity contribution in [3.63, 3.8) is 0 Å². The van der Waals surface area contributed by atoms with Gasteiger partial charge < -0.3 is 19.5 Å². The highest BCUT2D eigenvalue weighted by molar-refractivity contribution is 8.01. The van der Waals surface area contributed by atoms with E-state index in [1.54, 1.807) is 36.7 Å². The number of rotatable bonds is 11. The molecule has 0 spiro atoms. The SMILES string of the molecule is CCOc1cncc(-c2cnc(C(=O)NC(CN3CCOC[C@H]3C)c3cc(NSC4CC4)ccn3)s2)n1. The highest BCUT2D eigenvalue weighted by Crippen LogP contribution is 2.34. The number of ether oxygens (including phenoxy) is 2. The average molecular weight is 542 g/mol. The summed E-state index contributed by atoms with van der Waals surface area (Å²) >= 11 is 3.02. The van der Waals surface area contributed by atoms with Crippen molar-refractivity contribution < 1.29 is 14.3 Å². The molecule has 2 atom stereocenters. The average Bonchev–Trinajstić information content (AvgIpc) is 3.61. The van der Waals surface area contributed by atoms with Crippen molar-refractivity contribution in [1.82, 2.24) is 30.2 Å². The second-order valence-corrected chi connectivity index (χ2v) is 11.2. The van der Waals surface area contributed by atoms with E-state index in [-0.39, 0.29) is 18.0 Å². The number of anilines is 1. The summed E-state index contributed by atoms with van der Waals surface area (Å²) in [5, 5.41) is 4.23. The molecule has 0 bridgehead atoms. The Bertz CT molecular complexity index is 1210. The first-order chi connectivity index (χ1) is 18.1. The Balaban J connectivity index is 1.33. The molecule has 3 aromatic heterocycles. The van der Waals surface area contributed by atoms with Gasteiger partial charge >= 0.3 is 0 Å². The molecule has 3 aromatic rings. The molecule has 1 aliphatic carbocycles. The second kappa shape index (κ2) is 12.2. The van der Waals surface area contributed by atoms with Crippen LogP contribution in [-0.2, 0) is 4.74 Å². The normalized spacial score (nSPS) is 18.8. The standard InChI is InChI=1S/C25H31N7O3S2/c1-3-35-23-13-26-11-20(29-23)22-12-28-25(36-22)24(33)30-21(14-32-8-9-34-15-16(32)2)19-10-17(6-7-27-19)31-37-18-4-5-18/h6-7,10-13,16,18,21H,3-5,8-9,14-15H2,1-2H3,(H,27,31)(H,30,33)/t16-,21?/m1/s1. The molecule has 0 radical (unpaired) electrons. The van der Waals surface area contributed by atoms with Crippen molar-refractivity contribution in [3.05, 3.63) is 47.6 Å². The van der Waals surface area contributed by atoms with Crippen molar-refractivity contribution in [2.75, 3.05) is 37.6 Å². The van der Waals surface area contributed by atoms with Gasteiger partial charge in [0.05, 0.1) is 48.8 Å². The van der Waals surface area contributed by atoms with E-state index in [4.69, 9.17) is 9.47 Å². The quantitative estimate of drug-likeness (QED) is 0.347. The first-order valence-corrected chi connectivity index (χ1v) is 14.2. The maximum atomic E-state index is 13.4. The minimum Gasteiger partial charge on any atom is -0.477 e. The molecule has 5 rings (SSSR count). The van der Waals surface area contributed by atoms with Gasteiger partial charge in [0.25, 0.3) is 5.91 Å². The number of nitrogens with zero attached hydrogens (tertiary/aromatic N) is 5. The van der Waals surface area contributed by atoms with Gasteiger partial charge in [-0.3, -0.25) is 19.7 Å². The van der Waals surface area contributed by atoms with Crippen LogP contribution in [0.2, 0.25) is 0 Å². The van der Waals surface area contributed by atoms with E-state index in [2.05, 4.69) is 41.8 Å². The van der Waals surface area contributed by atoms with Crippen LogP contribution in [0.3, 0.4) is 0 Å². The van der Waals surface area contributed by atoms with Crippen LogP contribution in [0.15, 0.2) is 36.9 Å². The number of nitrogens with one attached hydrogen (secondary N) is 2. The Labute approximate surface area is 224 Å². The molecule has 196 valence electrons. The highest BCUT2D eigenvalue weighted by atomic mass is 32.2. The summed E-state index contributed by atoms with van der Waals surface area (Å²) < 4.78 is 14.5. The van der Waals surface area contributed by atoms with Crippen molar-refractivity contribution in [3.8, 4) is 16.5 Å². The van der Waals surface area contributed by atoms with Crippen molar-refractivity contribution >= 4 is 34.9 Å². The topological polar surface area (TPSA) is 114 Å². The number of amides is 1. The molecular weight excluding hydrogens is 510 g/mol. The summed E-state index contributed by atoms with van der Waals surface area (Å²) in [7, 11) is 0. The van der Waals surface area contributed by atoms with E-state index >= 15 is 0 Å². The van der Waals surface area contributed by atoms with Crippen LogP contribution >= 0.6 is 23.3 Å². The number of morpholine rings is 1. The van der Waals surface area contributed by atoms with Crippen molar-refractivity contribution in [2.24, 2.45) is 0 Å². The Morgan fingerprint density at radius 3 is 3.03 bits per heavy atom. The molecule has 4 heterocycles. The maximum Gasteiger partial charge on any atom is 0.280 e. The fourth-order valence-corrected chi connectivity index (χ4v) is 5.50. The number of pyridine rings is 1. The van der Waals surface area contributed by atoms with Crippen LogP contribution in [0.4, 0.5) is 5.69 Å². The summed E-state index contributed by atoms with van der Waals surface area (Å²) in [5.74, 6) is 0.196. The van der Waals surface area contributed by atoms with Crippen LogP contribution in [0.1, 0.15) is 48.2 Å². The predicted molar refractivity (Wildman–Crippen MR) is 145 cm³/mol. The number of thiazole rings is 1. The summed E-state index contributed by atoms with van der Waals surface area (Å²) in [6.07, 6.45) is 9.15. The zero-order valence-corrected chi connectivity index (χ0v) is 22.6. The molecule has 1 saturated heterocycles. The van der Waals surface area contributed by atoms with Gasteiger partial charge in [-0.2, -0.15) is 0 Å².